The van der Waals surface area contributed by atoms with Gasteiger partial charge in [0, 0.05) is 18.3 Å². The number of benzene rings is 3. The second-order valence-electron chi connectivity index (χ2n) is 7.81. The average molecular weight is 425 g/mol. The number of hydrogen-bond donors (Lipinski definition) is 1. The average Bonchev–Trinajstić information content (AvgIpc) is 3.45. The van der Waals surface area contributed by atoms with Crippen LogP contribution >= 0.6 is 0 Å². The minimum Gasteiger partial charge on any atom is -0.454 e. The minimum absolute atomic E-state index is 0.169. The van der Waals surface area contributed by atoms with E-state index in [0.717, 1.165) is 28.0 Å². The summed E-state index contributed by atoms with van der Waals surface area (Å²) in [5.74, 6) is 1.26. The summed E-state index contributed by atoms with van der Waals surface area (Å²) in [5, 5.41) is 7.76. The molecule has 0 saturated heterocycles. The first kappa shape index (κ1) is 19.9. The van der Waals surface area contributed by atoms with E-state index in [4.69, 9.17) is 14.6 Å². The number of fused-ring (bicyclic) bond motifs is 1. The molecule has 3 aromatic carbocycles. The smallest absolute Gasteiger partial charge is 0.255 e. The highest BCUT2D eigenvalue weighted by Gasteiger charge is 2.19. The number of rotatable bonds is 6. The first-order valence-electron chi connectivity index (χ1n) is 10.5. The molecule has 0 radical (unpaired) electrons. The van der Waals surface area contributed by atoms with Crippen molar-refractivity contribution in [1.82, 2.24) is 15.1 Å². The normalized spacial score (nSPS) is 12.0. The molecule has 0 unspecified atom stereocenters. The second kappa shape index (κ2) is 8.59. The third-order valence-corrected chi connectivity index (χ3v) is 5.41. The molecule has 0 spiro atoms. The molecule has 0 atom stereocenters. The van der Waals surface area contributed by atoms with Crippen LogP contribution in [0.15, 0.2) is 79.0 Å². The molecule has 1 N–H and O–H groups in total. The fourth-order valence-corrected chi connectivity index (χ4v) is 3.69. The monoisotopic (exact) mass is 425 g/mol. The van der Waals surface area contributed by atoms with E-state index in [2.05, 4.69) is 5.32 Å². The molecule has 1 amide bonds. The zero-order chi connectivity index (χ0) is 21.9. The van der Waals surface area contributed by atoms with Crippen molar-refractivity contribution in [2.75, 3.05) is 6.79 Å². The molecule has 6 nitrogen and oxygen atoms in total. The maximum Gasteiger partial charge on any atom is 0.255 e. The van der Waals surface area contributed by atoms with Crippen LogP contribution in [0.2, 0.25) is 0 Å². The van der Waals surface area contributed by atoms with Gasteiger partial charge in [-0.2, -0.15) is 5.10 Å². The highest BCUT2D eigenvalue weighted by atomic mass is 16.7. The van der Waals surface area contributed by atoms with Crippen LogP contribution in [-0.2, 0) is 13.1 Å². The third-order valence-electron chi connectivity index (χ3n) is 5.41. The Kier molecular flexibility index (Phi) is 5.34. The van der Waals surface area contributed by atoms with Gasteiger partial charge >= 0.3 is 0 Å². The van der Waals surface area contributed by atoms with E-state index in [1.165, 1.54) is 0 Å². The Labute approximate surface area is 186 Å². The molecule has 0 fully saturated rings. The van der Waals surface area contributed by atoms with Crippen molar-refractivity contribution in [2.24, 2.45) is 0 Å². The molecule has 0 aliphatic carbocycles. The summed E-state index contributed by atoms with van der Waals surface area (Å²) in [6, 6.07) is 23.8. The molecule has 6 heteroatoms. The molecule has 0 saturated carbocycles. The molecule has 1 aliphatic heterocycles. The topological polar surface area (TPSA) is 65.4 Å². The molecule has 2 heterocycles. The van der Waals surface area contributed by atoms with Gasteiger partial charge in [-0.05, 0) is 30.2 Å². The van der Waals surface area contributed by atoms with Crippen LogP contribution in [0.25, 0.3) is 11.3 Å². The molecule has 0 bridgehead atoms. The Hall–Kier alpha value is -4.06. The number of aryl methyl sites for hydroxylation is 1. The van der Waals surface area contributed by atoms with Crippen molar-refractivity contribution in [2.45, 2.75) is 20.0 Å². The van der Waals surface area contributed by atoms with E-state index < -0.39 is 0 Å². The van der Waals surface area contributed by atoms with Crippen LogP contribution in [0.5, 0.6) is 11.5 Å². The van der Waals surface area contributed by atoms with Gasteiger partial charge < -0.3 is 14.8 Å². The number of amides is 1. The van der Waals surface area contributed by atoms with E-state index in [0.29, 0.717) is 30.1 Å². The summed E-state index contributed by atoms with van der Waals surface area (Å²) in [6.45, 7) is 3.24. The van der Waals surface area contributed by atoms with Crippen LogP contribution in [-0.4, -0.2) is 22.5 Å². The largest absolute Gasteiger partial charge is 0.454 e. The zero-order valence-electron chi connectivity index (χ0n) is 17.7. The number of ether oxygens (including phenoxy) is 2. The lowest BCUT2D eigenvalue weighted by Gasteiger charge is -2.07. The van der Waals surface area contributed by atoms with Gasteiger partial charge in [-0.1, -0.05) is 66.2 Å². The molecule has 1 aromatic heterocycles. The van der Waals surface area contributed by atoms with E-state index in [1.54, 1.807) is 0 Å². The molecular formula is C26H23N3O3. The van der Waals surface area contributed by atoms with Gasteiger partial charge in [0.25, 0.3) is 5.91 Å². The predicted molar refractivity (Wildman–Crippen MR) is 122 cm³/mol. The molecular weight excluding hydrogens is 402 g/mol. The van der Waals surface area contributed by atoms with Crippen molar-refractivity contribution in [3.63, 3.8) is 0 Å². The Bertz CT molecular complexity index is 1250. The third kappa shape index (κ3) is 4.21. The lowest BCUT2D eigenvalue weighted by molar-refractivity contribution is 0.0951. The Morgan fingerprint density at radius 2 is 1.75 bits per heavy atom. The molecule has 160 valence electrons. The number of hydrogen-bond acceptors (Lipinski definition) is 4. The van der Waals surface area contributed by atoms with Gasteiger partial charge in [0.2, 0.25) is 6.79 Å². The van der Waals surface area contributed by atoms with Crippen molar-refractivity contribution < 1.29 is 14.3 Å². The van der Waals surface area contributed by atoms with Gasteiger partial charge in [-0.3, -0.25) is 9.48 Å². The van der Waals surface area contributed by atoms with Crippen molar-refractivity contribution in [3.05, 3.63) is 101 Å². The van der Waals surface area contributed by atoms with Crippen molar-refractivity contribution in [3.8, 4) is 22.8 Å². The first-order chi connectivity index (χ1) is 15.7. The van der Waals surface area contributed by atoms with Crippen LogP contribution in [0.3, 0.4) is 0 Å². The Morgan fingerprint density at radius 1 is 0.969 bits per heavy atom. The maximum absolute atomic E-state index is 13.2. The van der Waals surface area contributed by atoms with E-state index in [1.807, 2.05) is 90.6 Å². The summed E-state index contributed by atoms with van der Waals surface area (Å²) >= 11 is 0. The SMILES string of the molecule is Cc1ccc(-c2nn(Cc3ccccc3)cc2C(=O)NCc2ccc3c(c2)OCO3)cc1. The zero-order valence-corrected chi connectivity index (χ0v) is 17.7. The fourth-order valence-electron chi connectivity index (χ4n) is 3.69. The minimum atomic E-state index is -0.169. The summed E-state index contributed by atoms with van der Waals surface area (Å²) in [7, 11) is 0. The number of carbonyl (C=O) groups excluding carboxylic acids is 1. The van der Waals surface area contributed by atoms with Gasteiger partial charge in [0.05, 0.1) is 12.1 Å². The summed E-state index contributed by atoms with van der Waals surface area (Å²) in [5.41, 5.74) is 5.35. The lowest BCUT2D eigenvalue weighted by Crippen LogP contribution is -2.23. The van der Waals surface area contributed by atoms with E-state index in [9.17, 15) is 4.79 Å². The van der Waals surface area contributed by atoms with Crippen LogP contribution < -0.4 is 14.8 Å². The quantitative estimate of drug-likeness (QED) is 0.492. The van der Waals surface area contributed by atoms with Gasteiger partial charge in [0.15, 0.2) is 11.5 Å². The second-order valence-corrected chi connectivity index (χ2v) is 7.81. The molecule has 5 rings (SSSR count). The Morgan fingerprint density at radius 3 is 2.56 bits per heavy atom. The van der Waals surface area contributed by atoms with Gasteiger partial charge in [-0.15, -0.1) is 0 Å². The molecule has 4 aromatic rings. The van der Waals surface area contributed by atoms with Crippen LogP contribution in [0, 0.1) is 6.92 Å². The number of aromatic nitrogens is 2. The van der Waals surface area contributed by atoms with Crippen LogP contribution in [0.4, 0.5) is 0 Å². The molecule has 1 aliphatic rings. The van der Waals surface area contributed by atoms with Gasteiger partial charge in [0.1, 0.15) is 5.69 Å². The number of nitrogens with one attached hydrogen (secondary N) is 1. The van der Waals surface area contributed by atoms with Crippen molar-refractivity contribution >= 4 is 5.91 Å². The molecule has 32 heavy (non-hydrogen) atoms. The van der Waals surface area contributed by atoms with Crippen LogP contribution in [0.1, 0.15) is 27.0 Å². The lowest BCUT2D eigenvalue weighted by atomic mass is 10.1. The highest BCUT2D eigenvalue weighted by Crippen LogP contribution is 2.32. The van der Waals surface area contributed by atoms with Gasteiger partial charge in [-0.25, -0.2) is 0 Å². The summed E-state index contributed by atoms with van der Waals surface area (Å²) < 4.78 is 12.6. The maximum atomic E-state index is 13.2. The van der Waals surface area contributed by atoms with E-state index in [-0.39, 0.29) is 12.7 Å². The number of nitrogens with zero attached hydrogens (tertiary/aromatic N) is 2. The first-order valence-corrected chi connectivity index (χ1v) is 10.5. The number of carbonyl (C=O) groups is 1. The summed E-state index contributed by atoms with van der Waals surface area (Å²) in [4.78, 5) is 13.2. The standard InChI is InChI=1S/C26H23N3O3/c1-18-7-10-21(11-8-18)25-22(16-29(28-25)15-19-5-3-2-4-6-19)26(30)27-14-20-9-12-23-24(13-20)32-17-31-23/h2-13,16H,14-15,17H2,1H3,(H,27,30). The van der Waals surface area contributed by atoms with E-state index >= 15 is 0 Å². The summed E-state index contributed by atoms with van der Waals surface area (Å²) in [6.07, 6.45) is 1.82. The highest BCUT2D eigenvalue weighted by molar-refractivity contribution is 5.99. The fraction of sp³-hybridized carbons (Fsp3) is 0.154. The Balaban J connectivity index is 1.40. The predicted octanol–water partition coefficient (Wildman–Crippen LogP) is 4.57. The van der Waals surface area contributed by atoms with Crippen molar-refractivity contribution in [1.29, 1.82) is 0 Å².